The van der Waals surface area contributed by atoms with Crippen molar-refractivity contribution in [1.82, 2.24) is 14.2 Å². The summed E-state index contributed by atoms with van der Waals surface area (Å²) in [5.41, 5.74) is 0. The normalized spacial score (nSPS) is 20.6. The molecule has 1 aromatic heterocycles. The highest BCUT2D eigenvalue weighted by molar-refractivity contribution is 7.89. The summed E-state index contributed by atoms with van der Waals surface area (Å²) >= 11 is 0. The molecule has 1 unspecified atom stereocenters. The van der Waals surface area contributed by atoms with Crippen molar-refractivity contribution >= 4 is 10.0 Å². The van der Waals surface area contributed by atoms with Crippen LogP contribution < -0.4 is 0 Å². The standard InChI is InChI=1S/C14H23N3O2S/c1-3-8-16(2)11-13-6-9-17(12-13)20(18,19)14-5-4-7-15-10-14/h4-5,7,10,13H,3,6,8-9,11-12H2,1-2H3. The molecule has 1 fully saturated rings. The van der Waals surface area contributed by atoms with Gasteiger partial charge < -0.3 is 4.90 Å². The molecule has 1 aromatic rings. The van der Waals surface area contributed by atoms with Gasteiger partial charge in [0, 0.05) is 32.0 Å². The van der Waals surface area contributed by atoms with E-state index in [1.54, 1.807) is 22.6 Å². The third kappa shape index (κ3) is 3.56. The summed E-state index contributed by atoms with van der Waals surface area (Å²) in [6.07, 6.45) is 5.08. The highest BCUT2D eigenvalue weighted by Crippen LogP contribution is 2.24. The molecule has 20 heavy (non-hydrogen) atoms. The van der Waals surface area contributed by atoms with Crippen molar-refractivity contribution < 1.29 is 8.42 Å². The van der Waals surface area contributed by atoms with Crippen LogP contribution in [0.5, 0.6) is 0 Å². The molecule has 1 atom stereocenters. The Labute approximate surface area is 121 Å². The quantitative estimate of drug-likeness (QED) is 0.797. The van der Waals surface area contributed by atoms with E-state index in [1.165, 1.54) is 6.20 Å². The maximum atomic E-state index is 12.5. The van der Waals surface area contributed by atoms with Gasteiger partial charge in [-0.3, -0.25) is 4.98 Å². The molecule has 1 aliphatic heterocycles. The lowest BCUT2D eigenvalue weighted by Crippen LogP contribution is -2.32. The Morgan fingerprint density at radius 2 is 2.30 bits per heavy atom. The monoisotopic (exact) mass is 297 g/mol. The Hall–Kier alpha value is -0.980. The molecule has 0 spiro atoms. The summed E-state index contributed by atoms with van der Waals surface area (Å²) in [6.45, 7) is 5.41. The van der Waals surface area contributed by atoms with Crippen molar-refractivity contribution in [3.8, 4) is 0 Å². The number of sulfonamides is 1. The third-order valence-corrected chi connectivity index (χ3v) is 5.54. The van der Waals surface area contributed by atoms with Crippen LogP contribution in [0.2, 0.25) is 0 Å². The molecule has 0 amide bonds. The van der Waals surface area contributed by atoms with Gasteiger partial charge in [0.2, 0.25) is 10.0 Å². The van der Waals surface area contributed by atoms with E-state index in [2.05, 4.69) is 23.9 Å². The van der Waals surface area contributed by atoms with Crippen LogP contribution in [-0.2, 0) is 10.0 Å². The molecule has 0 bridgehead atoms. The first kappa shape index (κ1) is 15.4. The number of hydrogen-bond donors (Lipinski definition) is 0. The Morgan fingerprint density at radius 3 is 2.95 bits per heavy atom. The molecule has 6 heteroatoms. The molecule has 0 aromatic carbocycles. The number of aromatic nitrogens is 1. The summed E-state index contributed by atoms with van der Waals surface area (Å²) in [7, 11) is -1.27. The largest absolute Gasteiger partial charge is 0.306 e. The predicted octanol–water partition coefficient (Wildman–Crippen LogP) is 1.43. The number of hydrogen-bond acceptors (Lipinski definition) is 4. The van der Waals surface area contributed by atoms with Gasteiger partial charge in [-0.25, -0.2) is 8.42 Å². The second-order valence-electron chi connectivity index (χ2n) is 5.47. The van der Waals surface area contributed by atoms with Crippen LogP contribution in [-0.4, -0.2) is 55.8 Å². The Kier molecular flexibility index (Phi) is 5.12. The summed E-state index contributed by atoms with van der Waals surface area (Å²) in [6, 6.07) is 3.27. The second-order valence-corrected chi connectivity index (χ2v) is 7.41. The van der Waals surface area contributed by atoms with Crippen molar-refractivity contribution in [1.29, 1.82) is 0 Å². The lowest BCUT2D eigenvalue weighted by Gasteiger charge is -2.21. The average Bonchev–Trinajstić information content (AvgIpc) is 2.89. The highest BCUT2D eigenvalue weighted by Gasteiger charge is 2.32. The van der Waals surface area contributed by atoms with Crippen molar-refractivity contribution in [2.75, 3.05) is 33.2 Å². The van der Waals surface area contributed by atoms with Gasteiger partial charge in [0.15, 0.2) is 0 Å². The molecule has 112 valence electrons. The summed E-state index contributed by atoms with van der Waals surface area (Å²) in [4.78, 5) is 6.48. The Bertz CT molecular complexity index is 518. The van der Waals surface area contributed by atoms with E-state index in [0.717, 1.165) is 25.9 Å². The first-order valence-corrected chi connectivity index (χ1v) is 8.56. The number of pyridine rings is 1. The van der Waals surface area contributed by atoms with Crippen LogP contribution in [0.25, 0.3) is 0 Å². The maximum absolute atomic E-state index is 12.5. The van der Waals surface area contributed by atoms with Gasteiger partial charge in [-0.05, 0) is 44.5 Å². The molecule has 1 aliphatic rings. The highest BCUT2D eigenvalue weighted by atomic mass is 32.2. The van der Waals surface area contributed by atoms with Crippen LogP contribution in [0.4, 0.5) is 0 Å². The van der Waals surface area contributed by atoms with Gasteiger partial charge in [0.1, 0.15) is 4.90 Å². The van der Waals surface area contributed by atoms with E-state index in [0.29, 0.717) is 23.9 Å². The van der Waals surface area contributed by atoms with Gasteiger partial charge in [-0.1, -0.05) is 6.92 Å². The maximum Gasteiger partial charge on any atom is 0.244 e. The van der Waals surface area contributed by atoms with E-state index in [4.69, 9.17) is 0 Å². The van der Waals surface area contributed by atoms with Crippen LogP contribution in [0.1, 0.15) is 19.8 Å². The SMILES string of the molecule is CCCN(C)CC1CCN(S(=O)(=O)c2cccnc2)C1. The van der Waals surface area contributed by atoms with Crippen molar-refractivity contribution in [3.05, 3.63) is 24.5 Å². The molecule has 2 rings (SSSR count). The van der Waals surface area contributed by atoms with E-state index in [9.17, 15) is 8.42 Å². The predicted molar refractivity (Wildman–Crippen MR) is 78.9 cm³/mol. The number of rotatable bonds is 6. The number of nitrogens with zero attached hydrogens (tertiary/aromatic N) is 3. The van der Waals surface area contributed by atoms with Crippen molar-refractivity contribution in [2.24, 2.45) is 5.92 Å². The molecule has 0 saturated carbocycles. The second kappa shape index (κ2) is 6.65. The molecule has 0 N–H and O–H groups in total. The first-order valence-electron chi connectivity index (χ1n) is 7.12. The smallest absolute Gasteiger partial charge is 0.244 e. The molecular weight excluding hydrogens is 274 g/mol. The summed E-state index contributed by atoms with van der Waals surface area (Å²) in [5.74, 6) is 0.429. The van der Waals surface area contributed by atoms with E-state index < -0.39 is 10.0 Å². The fourth-order valence-electron chi connectivity index (χ4n) is 2.73. The zero-order valence-corrected chi connectivity index (χ0v) is 13.0. The minimum atomic E-state index is -3.37. The van der Waals surface area contributed by atoms with Gasteiger partial charge in [0.05, 0.1) is 0 Å². The van der Waals surface area contributed by atoms with Crippen LogP contribution in [0.3, 0.4) is 0 Å². The molecule has 1 saturated heterocycles. The van der Waals surface area contributed by atoms with Crippen LogP contribution in [0.15, 0.2) is 29.4 Å². The van der Waals surface area contributed by atoms with Gasteiger partial charge in [-0.2, -0.15) is 4.31 Å². The Balaban J connectivity index is 1.99. The van der Waals surface area contributed by atoms with Crippen LogP contribution in [0, 0.1) is 5.92 Å². The Morgan fingerprint density at radius 1 is 1.50 bits per heavy atom. The molecule has 0 radical (unpaired) electrons. The minimum absolute atomic E-state index is 0.294. The zero-order valence-electron chi connectivity index (χ0n) is 12.2. The minimum Gasteiger partial charge on any atom is -0.306 e. The zero-order chi connectivity index (χ0) is 14.6. The molecule has 5 nitrogen and oxygen atoms in total. The fraction of sp³-hybridized carbons (Fsp3) is 0.643. The first-order chi connectivity index (χ1) is 9.54. The van der Waals surface area contributed by atoms with E-state index in [1.807, 2.05) is 0 Å². The van der Waals surface area contributed by atoms with E-state index in [-0.39, 0.29) is 0 Å². The van der Waals surface area contributed by atoms with E-state index >= 15 is 0 Å². The summed E-state index contributed by atoms with van der Waals surface area (Å²) < 4.78 is 26.5. The van der Waals surface area contributed by atoms with Gasteiger partial charge >= 0.3 is 0 Å². The molecule has 0 aliphatic carbocycles. The lowest BCUT2D eigenvalue weighted by molar-refractivity contribution is 0.281. The third-order valence-electron chi connectivity index (χ3n) is 3.70. The van der Waals surface area contributed by atoms with Gasteiger partial charge in [0.25, 0.3) is 0 Å². The summed E-state index contributed by atoms with van der Waals surface area (Å²) in [5, 5.41) is 0. The lowest BCUT2D eigenvalue weighted by atomic mass is 10.1. The average molecular weight is 297 g/mol. The van der Waals surface area contributed by atoms with Gasteiger partial charge in [-0.15, -0.1) is 0 Å². The van der Waals surface area contributed by atoms with Crippen molar-refractivity contribution in [2.45, 2.75) is 24.7 Å². The fourth-order valence-corrected chi connectivity index (χ4v) is 4.22. The van der Waals surface area contributed by atoms with Crippen molar-refractivity contribution in [3.63, 3.8) is 0 Å². The topological polar surface area (TPSA) is 53.5 Å². The van der Waals surface area contributed by atoms with Crippen LogP contribution >= 0.6 is 0 Å². The molecule has 2 heterocycles. The molecular formula is C14H23N3O2S.